The van der Waals surface area contributed by atoms with Gasteiger partial charge in [-0.05, 0) is 62.2 Å². The number of hydrogen-bond acceptors (Lipinski definition) is 4. The number of hydrogen-bond donors (Lipinski definition) is 1. The molecule has 0 aliphatic carbocycles. The maximum Gasteiger partial charge on any atom is 0.194 e. The fourth-order valence-corrected chi connectivity index (χ4v) is 2.62. The first-order valence-corrected chi connectivity index (χ1v) is 7.57. The van der Waals surface area contributed by atoms with Gasteiger partial charge in [0.05, 0.1) is 14.2 Å². The van der Waals surface area contributed by atoms with Crippen molar-refractivity contribution in [3.63, 3.8) is 0 Å². The van der Waals surface area contributed by atoms with Crippen LogP contribution in [0.2, 0.25) is 0 Å². The highest BCUT2D eigenvalue weighted by atomic mass is 79.9. The number of nitrogen functional groups attached to an aromatic ring is 1. The van der Waals surface area contributed by atoms with Crippen LogP contribution in [0.4, 0.5) is 5.69 Å². The summed E-state index contributed by atoms with van der Waals surface area (Å²) in [6.07, 6.45) is 0. The van der Waals surface area contributed by atoms with Crippen LogP contribution >= 0.6 is 31.9 Å². The maximum absolute atomic E-state index is 12.6. The first-order valence-electron chi connectivity index (χ1n) is 5.99. The largest absolute Gasteiger partial charge is 0.493 e. The summed E-state index contributed by atoms with van der Waals surface area (Å²) in [6.45, 7) is 0. The van der Waals surface area contributed by atoms with E-state index in [1.165, 1.54) is 7.11 Å². The first kappa shape index (κ1) is 15.9. The summed E-state index contributed by atoms with van der Waals surface area (Å²) in [5.74, 6) is 0.896. The Morgan fingerprint density at radius 1 is 1.00 bits per heavy atom. The summed E-state index contributed by atoms with van der Waals surface area (Å²) in [7, 11) is 3.07. The molecule has 2 aromatic carbocycles. The van der Waals surface area contributed by atoms with Crippen LogP contribution in [0.25, 0.3) is 0 Å². The van der Waals surface area contributed by atoms with E-state index < -0.39 is 0 Å². The average Bonchev–Trinajstić information content (AvgIpc) is 2.49. The summed E-state index contributed by atoms with van der Waals surface area (Å²) in [6, 6.07) is 8.44. The lowest BCUT2D eigenvalue weighted by Crippen LogP contribution is -2.05. The highest BCUT2D eigenvalue weighted by molar-refractivity contribution is 9.11. The number of carbonyl (C=O) groups excluding carboxylic acids is 1. The molecule has 0 fully saturated rings. The predicted octanol–water partition coefficient (Wildman–Crippen LogP) is 4.04. The highest BCUT2D eigenvalue weighted by Gasteiger charge is 2.17. The minimum Gasteiger partial charge on any atom is -0.493 e. The van der Waals surface area contributed by atoms with Gasteiger partial charge in [0.25, 0.3) is 0 Å². The molecule has 0 spiro atoms. The van der Waals surface area contributed by atoms with Gasteiger partial charge in [0, 0.05) is 25.8 Å². The van der Waals surface area contributed by atoms with Gasteiger partial charge in [-0.1, -0.05) is 0 Å². The number of rotatable bonds is 4. The number of anilines is 1. The second-order valence-electron chi connectivity index (χ2n) is 4.25. The highest BCUT2D eigenvalue weighted by Crippen LogP contribution is 2.34. The van der Waals surface area contributed by atoms with E-state index in [1.54, 1.807) is 37.4 Å². The standard InChI is InChI=1S/C15H13Br2NO3/c1-20-13-6-9(11(17)7-14(13)21-2)15(19)8-3-4-10(16)12(18)5-8/h3-7H,18H2,1-2H3. The van der Waals surface area contributed by atoms with E-state index in [9.17, 15) is 4.79 Å². The summed E-state index contributed by atoms with van der Waals surface area (Å²) in [5.41, 5.74) is 7.32. The lowest BCUT2D eigenvalue weighted by Gasteiger charge is -2.11. The molecule has 2 rings (SSSR count). The van der Waals surface area contributed by atoms with Crippen LogP contribution in [0.3, 0.4) is 0 Å². The van der Waals surface area contributed by atoms with Gasteiger partial charge in [0.1, 0.15) is 0 Å². The van der Waals surface area contributed by atoms with E-state index in [0.717, 1.165) is 4.47 Å². The van der Waals surface area contributed by atoms with Crippen molar-refractivity contribution in [1.29, 1.82) is 0 Å². The lowest BCUT2D eigenvalue weighted by molar-refractivity contribution is 0.103. The number of methoxy groups -OCH3 is 2. The molecule has 4 nitrogen and oxygen atoms in total. The fraction of sp³-hybridized carbons (Fsp3) is 0.133. The van der Waals surface area contributed by atoms with Crippen molar-refractivity contribution >= 4 is 43.3 Å². The quantitative estimate of drug-likeness (QED) is 0.605. The minimum atomic E-state index is -0.151. The normalized spacial score (nSPS) is 10.3. The number of halogens is 2. The Bertz CT molecular complexity index is 702. The Morgan fingerprint density at radius 2 is 1.62 bits per heavy atom. The zero-order chi connectivity index (χ0) is 15.6. The van der Waals surface area contributed by atoms with Crippen molar-refractivity contribution in [2.24, 2.45) is 0 Å². The van der Waals surface area contributed by atoms with Gasteiger partial charge >= 0.3 is 0 Å². The van der Waals surface area contributed by atoms with Gasteiger partial charge in [-0.2, -0.15) is 0 Å². The molecule has 21 heavy (non-hydrogen) atoms. The topological polar surface area (TPSA) is 61.5 Å². The van der Waals surface area contributed by atoms with Crippen LogP contribution in [-0.4, -0.2) is 20.0 Å². The van der Waals surface area contributed by atoms with Crippen molar-refractivity contribution in [2.75, 3.05) is 20.0 Å². The first-order chi connectivity index (χ1) is 9.97. The van der Waals surface area contributed by atoms with Crippen LogP contribution in [0.5, 0.6) is 11.5 Å². The van der Waals surface area contributed by atoms with E-state index in [2.05, 4.69) is 31.9 Å². The third kappa shape index (κ3) is 3.22. The van der Waals surface area contributed by atoms with Gasteiger partial charge < -0.3 is 15.2 Å². The zero-order valence-electron chi connectivity index (χ0n) is 11.4. The minimum absolute atomic E-state index is 0.151. The third-order valence-corrected chi connectivity index (χ3v) is 4.35. The summed E-state index contributed by atoms with van der Waals surface area (Å²) in [4.78, 5) is 12.6. The van der Waals surface area contributed by atoms with Crippen molar-refractivity contribution in [2.45, 2.75) is 0 Å². The monoisotopic (exact) mass is 413 g/mol. The smallest absolute Gasteiger partial charge is 0.194 e. The van der Waals surface area contributed by atoms with Crippen molar-refractivity contribution in [3.05, 3.63) is 50.4 Å². The van der Waals surface area contributed by atoms with E-state index >= 15 is 0 Å². The van der Waals surface area contributed by atoms with Crippen LogP contribution in [-0.2, 0) is 0 Å². The van der Waals surface area contributed by atoms with E-state index in [-0.39, 0.29) is 5.78 Å². The van der Waals surface area contributed by atoms with Crippen molar-refractivity contribution < 1.29 is 14.3 Å². The summed E-state index contributed by atoms with van der Waals surface area (Å²) in [5, 5.41) is 0. The van der Waals surface area contributed by atoms with Crippen LogP contribution in [0.15, 0.2) is 39.3 Å². The predicted molar refractivity (Wildman–Crippen MR) is 89.2 cm³/mol. The molecule has 0 aliphatic rings. The summed E-state index contributed by atoms with van der Waals surface area (Å²) < 4.78 is 11.8. The maximum atomic E-state index is 12.6. The molecular weight excluding hydrogens is 402 g/mol. The molecule has 0 saturated carbocycles. The summed E-state index contributed by atoms with van der Waals surface area (Å²) >= 11 is 6.69. The number of carbonyl (C=O) groups is 1. The second-order valence-corrected chi connectivity index (χ2v) is 5.96. The van der Waals surface area contributed by atoms with E-state index in [4.69, 9.17) is 15.2 Å². The van der Waals surface area contributed by atoms with Crippen LogP contribution < -0.4 is 15.2 Å². The molecular formula is C15H13Br2NO3. The average molecular weight is 415 g/mol. The van der Waals surface area contributed by atoms with E-state index in [1.807, 2.05) is 0 Å². The number of benzene rings is 2. The number of ketones is 1. The van der Waals surface area contributed by atoms with Crippen molar-refractivity contribution in [1.82, 2.24) is 0 Å². The Morgan fingerprint density at radius 3 is 2.19 bits per heavy atom. The molecule has 0 aliphatic heterocycles. The molecule has 0 heterocycles. The Kier molecular flexibility index (Phi) is 4.90. The van der Waals surface area contributed by atoms with Crippen molar-refractivity contribution in [3.8, 4) is 11.5 Å². The molecule has 0 saturated heterocycles. The molecule has 0 radical (unpaired) electrons. The van der Waals surface area contributed by atoms with Gasteiger partial charge in [0.2, 0.25) is 0 Å². The Balaban J connectivity index is 2.50. The van der Waals surface area contributed by atoms with E-state index in [0.29, 0.717) is 32.8 Å². The Labute approximate surface area is 139 Å². The molecule has 0 aromatic heterocycles. The molecule has 0 atom stereocenters. The molecule has 0 unspecified atom stereocenters. The molecule has 0 amide bonds. The van der Waals surface area contributed by atoms with Crippen LogP contribution in [0, 0.1) is 0 Å². The van der Waals surface area contributed by atoms with Gasteiger partial charge in [-0.3, -0.25) is 4.79 Å². The zero-order valence-corrected chi connectivity index (χ0v) is 14.6. The molecule has 6 heteroatoms. The molecule has 0 bridgehead atoms. The number of ether oxygens (including phenoxy) is 2. The van der Waals surface area contributed by atoms with Crippen LogP contribution in [0.1, 0.15) is 15.9 Å². The second kappa shape index (κ2) is 6.49. The molecule has 2 aromatic rings. The number of nitrogens with two attached hydrogens (primary N) is 1. The fourth-order valence-electron chi connectivity index (χ4n) is 1.87. The molecule has 2 N–H and O–H groups in total. The molecule has 110 valence electrons. The third-order valence-electron chi connectivity index (χ3n) is 2.98. The van der Waals surface area contributed by atoms with Gasteiger partial charge in [0.15, 0.2) is 17.3 Å². The van der Waals surface area contributed by atoms with Gasteiger partial charge in [-0.15, -0.1) is 0 Å². The SMILES string of the molecule is COc1cc(Br)c(C(=O)c2ccc(Br)c(N)c2)cc1OC. The van der Waals surface area contributed by atoms with Gasteiger partial charge in [-0.25, -0.2) is 0 Å². The lowest BCUT2D eigenvalue weighted by atomic mass is 10.0. The Hall–Kier alpha value is -1.53.